The van der Waals surface area contributed by atoms with Gasteiger partial charge in [-0.3, -0.25) is 4.99 Å². The van der Waals surface area contributed by atoms with Gasteiger partial charge in [0.15, 0.2) is 5.96 Å². The highest BCUT2D eigenvalue weighted by atomic mass is 127. The summed E-state index contributed by atoms with van der Waals surface area (Å²) in [6, 6.07) is 4.21. The summed E-state index contributed by atoms with van der Waals surface area (Å²) >= 11 is 1.77. The van der Waals surface area contributed by atoms with Crippen molar-refractivity contribution in [3.63, 3.8) is 0 Å². The lowest BCUT2D eigenvalue weighted by Crippen LogP contribution is -2.44. The number of halogens is 1. The number of rotatable bonds is 6. The predicted molar refractivity (Wildman–Crippen MR) is 116 cm³/mol. The largest absolute Gasteiger partial charge is 0.444 e. The molecule has 0 saturated carbocycles. The van der Waals surface area contributed by atoms with Crippen molar-refractivity contribution in [1.29, 1.82) is 0 Å². The Morgan fingerprint density at radius 2 is 1.96 bits per heavy atom. The standard InChI is InChI=1S/C17H30N4O2S.HI/c1-17(2,3)23-16(22)21(6)12-10-19-15(18-4)20(5)11-9-14-8-7-13-24-14;/h7-8,13H,9-12H2,1-6H3,(H,18,19);1H. The molecule has 0 radical (unpaired) electrons. The molecule has 1 N–H and O–H groups in total. The van der Waals surface area contributed by atoms with Gasteiger partial charge in [0.25, 0.3) is 0 Å². The Labute approximate surface area is 172 Å². The number of amides is 1. The number of aliphatic imine (C=N–C) groups is 1. The fourth-order valence-electron chi connectivity index (χ4n) is 1.99. The molecule has 0 aromatic carbocycles. The van der Waals surface area contributed by atoms with E-state index in [-0.39, 0.29) is 30.1 Å². The second-order valence-electron chi connectivity index (χ2n) is 6.63. The van der Waals surface area contributed by atoms with Gasteiger partial charge in [0, 0.05) is 45.7 Å². The van der Waals surface area contributed by atoms with Crippen molar-refractivity contribution in [2.24, 2.45) is 4.99 Å². The highest BCUT2D eigenvalue weighted by molar-refractivity contribution is 14.0. The third-order valence-electron chi connectivity index (χ3n) is 3.28. The van der Waals surface area contributed by atoms with E-state index in [1.807, 2.05) is 27.8 Å². The lowest BCUT2D eigenvalue weighted by atomic mass is 10.2. The van der Waals surface area contributed by atoms with E-state index in [1.54, 1.807) is 30.3 Å². The molecule has 0 saturated heterocycles. The average molecular weight is 482 g/mol. The van der Waals surface area contributed by atoms with Crippen molar-refractivity contribution in [3.05, 3.63) is 22.4 Å². The SMILES string of the molecule is CN=C(NCCN(C)C(=O)OC(C)(C)C)N(C)CCc1cccs1.I. The van der Waals surface area contributed by atoms with Crippen LogP contribution in [0, 0.1) is 0 Å². The summed E-state index contributed by atoms with van der Waals surface area (Å²) in [4.78, 5) is 21.2. The van der Waals surface area contributed by atoms with Crippen LogP contribution in [0.2, 0.25) is 0 Å². The molecule has 0 spiro atoms. The zero-order valence-electron chi connectivity index (χ0n) is 16.0. The lowest BCUT2D eigenvalue weighted by molar-refractivity contribution is 0.0302. The summed E-state index contributed by atoms with van der Waals surface area (Å²) in [5, 5.41) is 5.37. The Morgan fingerprint density at radius 1 is 1.28 bits per heavy atom. The topological polar surface area (TPSA) is 57.2 Å². The van der Waals surface area contributed by atoms with Gasteiger partial charge < -0.3 is 19.9 Å². The number of guanidine groups is 1. The molecule has 0 atom stereocenters. The van der Waals surface area contributed by atoms with E-state index in [1.165, 1.54) is 4.88 Å². The summed E-state index contributed by atoms with van der Waals surface area (Å²) in [5.74, 6) is 0.823. The molecule has 0 aliphatic heterocycles. The first-order valence-corrected chi connectivity index (χ1v) is 8.99. The van der Waals surface area contributed by atoms with E-state index < -0.39 is 5.60 Å². The fraction of sp³-hybridized carbons (Fsp3) is 0.647. The second-order valence-corrected chi connectivity index (χ2v) is 7.66. The summed E-state index contributed by atoms with van der Waals surface area (Å²) < 4.78 is 5.33. The molecule has 1 aromatic heterocycles. The van der Waals surface area contributed by atoms with E-state index in [0.29, 0.717) is 13.1 Å². The highest BCUT2D eigenvalue weighted by Crippen LogP contribution is 2.10. The van der Waals surface area contributed by atoms with Crippen LogP contribution >= 0.6 is 35.3 Å². The van der Waals surface area contributed by atoms with Crippen molar-refractivity contribution in [2.75, 3.05) is 40.8 Å². The van der Waals surface area contributed by atoms with E-state index in [2.05, 4.69) is 32.7 Å². The van der Waals surface area contributed by atoms with Crippen LogP contribution < -0.4 is 5.32 Å². The second kappa shape index (κ2) is 11.6. The minimum atomic E-state index is -0.475. The lowest BCUT2D eigenvalue weighted by Gasteiger charge is -2.26. The Kier molecular flexibility index (Phi) is 11.1. The molecular formula is C17H31IN4O2S. The van der Waals surface area contributed by atoms with Crippen LogP contribution in [0.4, 0.5) is 4.79 Å². The Morgan fingerprint density at radius 3 is 2.48 bits per heavy atom. The summed E-state index contributed by atoms with van der Waals surface area (Å²) in [6.07, 6.45) is 0.678. The van der Waals surface area contributed by atoms with Crippen LogP contribution in [0.5, 0.6) is 0 Å². The first-order chi connectivity index (χ1) is 11.2. The Bertz CT molecular complexity index is 529. The molecule has 1 rings (SSSR count). The van der Waals surface area contributed by atoms with Crippen molar-refractivity contribution in [2.45, 2.75) is 32.8 Å². The molecule has 0 aliphatic rings. The number of carbonyl (C=O) groups is 1. The fourth-order valence-corrected chi connectivity index (χ4v) is 2.69. The summed E-state index contributed by atoms with van der Waals surface area (Å²) in [5.41, 5.74) is -0.475. The Hall–Kier alpha value is -1.03. The van der Waals surface area contributed by atoms with Gasteiger partial charge in [0.2, 0.25) is 0 Å². The van der Waals surface area contributed by atoms with Gasteiger partial charge in [-0.1, -0.05) is 6.07 Å². The first-order valence-electron chi connectivity index (χ1n) is 8.11. The number of hydrogen-bond acceptors (Lipinski definition) is 4. The van der Waals surface area contributed by atoms with Gasteiger partial charge in [0.05, 0.1) is 0 Å². The molecular weight excluding hydrogens is 451 g/mol. The summed E-state index contributed by atoms with van der Waals surface area (Å²) in [7, 11) is 5.51. The van der Waals surface area contributed by atoms with Gasteiger partial charge in [-0.05, 0) is 38.6 Å². The molecule has 1 aromatic rings. The number of nitrogens with one attached hydrogen (secondary N) is 1. The van der Waals surface area contributed by atoms with Gasteiger partial charge >= 0.3 is 6.09 Å². The number of thiophene rings is 1. The third kappa shape index (κ3) is 9.88. The van der Waals surface area contributed by atoms with Crippen molar-refractivity contribution in [1.82, 2.24) is 15.1 Å². The average Bonchev–Trinajstić information content (AvgIpc) is 3.00. The van der Waals surface area contributed by atoms with Crippen LogP contribution in [0.3, 0.4) is 0 Å². The van der Waals surface area contributed by atoms with E-state index in [4.69, 9.17) is 4.74 Å². The number of carbonyl (C=O) groups excluding carboxylic acids is 1. The van der Waals surface area contributed by atoms with Gasteiger partial charge in [0.1, 0.15) is 5.60 Å². The molecule has 1 amide bonds. The highest BCUT2D eigenvalue weighted by Gasteiger charge is 2.19. The van der Waals surface area contributed by atoms with Crippen LogP contribution in [-0.2, 0) is 11.2 Å². The maximum Gasteiger partial charge on any atom is 0.410 e. The molecule has 1 heterocycles. The smallest absolute Gasteiger partial charge is 0.410 e. The van der Waals surface area contributed by atoms with Crippen molar-refractivity contribution in [3.8, 4) is 0 Å². The van der Waals surface area contributed by atoms with Crippen molar-refractivity contribution < 1.29 is 9.53 Å². The van der Waals surface area contributed by atoms with Gasteiger partial charge in [-0.25, -0.2) is 4.79 Å². The van der Waals surface area contributed by atoms with E-state index >= 15 is 0 Å². The molecule has 144 valence electrons. The zero-order valence-corrected chi connectivity index (χ0v) is 19.2. The van der Waals surface area contributed by atoms with E-state index in [0.717, 1.165) is 18.9 Å². The molecule has 0 unspecified atom stereocenters. The summed E-state index contributed by atoms with van der Waals surface area (Å²) in [6.45, 7) is 7.64. The first kappa shape index (κ1) is 24.0. The molecule has 25 heavy (non-hydrogen) atoms. The zero-order chi connectivity index (χ0) is 18.2. The Balaban J connectivity index is 0.00000576. The van der Waals surface area contributed by atoms with Gasteiger partial charge in [-0.2, -0.15) is 0 Å². The number of likely N-dealkylation sites (N-methyl/N-ethyl adjacent to an activating group) is 2. The van der Waals surface area contributed by atoms with Crippen LogP contribution in [0.25, 0.3) is 0 Å². The number of ether oxygens (including phenoxy) is 1. The molecule has 8 heteroatoms. The maximum absolute atomic E-state index is 11.9. The maximum atomic E-state index is 11.9. The van der Waals surface area contributed by atoms with Crippen LogP contribution in [0.15, 0.2) is 22.5 Å². The minimum Gasteiger partial charge on any atom is -0.444 e. The van der Waals surface area contributed by atoms with Crippen LogP contribution in [-0.4, -0.2) is 68.2 Å². The number of nitrogens with zero attached hydrogens (tertiary/aromatic N) is 3. The third-order valence-corrected chi connectivity index (χ3v) is 4.22. The number of hydrogen-bond donors (Lipinski definition) is 1. The quantitative estimate of drug-likeness (QED) is 0.384. The van der Waals surface area contributed by atoms with Gasteiger partial charge in [-0.15, -0.1) is 35.3 Å². The van der Waals surface area contributed by atoms with E-state index in [9.17, 15) is 4.79 Å². The minimum absolute atomic E-state index is 0. The van der Waals surface area contributed by atoms with Crippen molar-refractivity contribution >= 4 is 47.4 Å². The normalized spacial score (nSPS) is 11.5. The monoisotopic (exact) mass is 482 g/mol. The van der Waals surface area contributed by atoms with Crippen LogP contribution in [0.1, 0.15) is 25.6 Å². The molecule has 0 aliphatic carbocycles. The molecule has 0 bridgehead atoms. The predicted octanol–water partition coefficient (Wildman–Crippen LogP) is 3.28. The molecule has 6 nitrogen and oxygen atoms in total. The molecule has 0 fully saturated rings.